The van der Waals surface area contributed by atoms with E-state index < -0.39 is 0 Å². The summed E-state index contributed by atoms with van der Waals surface area (Å²) in [5.74, 6) is -0.0624. The molecule has 2 nitrogen and oxygen atoms in total. The molecule has 2 saturated heterocycles. The summed E-state index contributed by atoms with van der Waals surface area (Å²) in [7, 11) is 0. The van der Waals surface area contributed by atoms with E-state index in [4.69, 9.17) is 4.74 Å². The van der Waals surface area contributed by atoms with Crippen LogP contribution in [0, 0.1) is 5.82 Å². The molecule has 114 valence electrons. The van der Waals surface area contributed by atoms with Crippen molar-refractivity contribution >= 4 is 0 Å². The first-order valence-corrected chi connectivity index (χ1v) is 8.35. The number of benzene rings is 1. The third kappa shape index (κ3) is 2.31. The average Bonchev–Trinajstić information content (AvgIpc) is 3.06. The topological polar surface area (TPSA) is 21.3 Å². The molecular weight excluding hydrogens is 265 g/mol. The molecule has 0 amide bonds. The van der Waals surface area contributed by atoms with E-state index in [2.05, 4.69) is 5.32 Å². The van der Waals surface area contributed by atoms with Gasteiger partial charge in [0.15, 0.2) is 0 Å². The molecule has 0 aromatic heterocycles. The van der Waals surface area contributed by atoms with E-state index in [1.54, 1.807) is 12.1 Å². The van der Waals surface area contributed by atoms with Crippen LogP contribution in [0.25, 0.3) is 0 Å². The maximum Gasteiger partial charge on any atom is 0.127 e. The molecule has 0 radical (unpaired) electrons. The Morgan fingerprint density at radius 1 is 1.14 bits per heavy atom. The molecule has 1 saturated carbocycles. The first-order valence-electron chi connectivity index (χ1n) is 8.35. The van der Waals surface area contributed by atoms with E-state index in [1.807, 2.05) is 12.1 Å². The van der Waals surface area contributed by atoms with Crippen LogP contribution in [0.2, 0.25) is 0 Å². The summed E-state index contributed by atoms with van der Waals surface area (Å²) in [6.45, 7) is 1.75. The molecule has 2 aliphatic heterocycles. The Balaban J connectivity index is 1.51. The largest absolute Gasteiger partial charge is 0.372 e. The quantitative estimate of drug-likeness (QED) is 0.919. The van der Waals surface area contributed by atoms with Crippen LogP contribution in [-0.4, -0.2) is 24.8 Å². The highest BCUT2D eigenvalue weighted by molar-refractivity contribution is 5.31. The van der Waals surface area contributed by atoms with Crippen molar-refractivity contribution in [2.24, 2.45) is 0 Å². The van der Waals surface area contributed by atoms with Crippen molar-refractivity contribution in [3.8, 4) is 0 Å². The summed E-state index contributed by atoms with van der Waals surface area (Å²) < 4.78 is 20.7. The third-order valence-corrected chi connectivity index (χ3v) is 5.84. The number of rotatable bonds is 3. The molecular formula is C18H24FNO. The minimum absolute atomic E-state index is 0.0554. The molecule has 1 aromatic carbocycles. The van der Waals surface area contributed by atoms with Gasteiger partial charge in [-0.05, 0) is 43.7 Å². The van der Waals surface area contributed by atoms with Crippen LogP contribution in [0.15, 0.2) is 24.3 Å². The van der Waals surface area contributed by atoms with Crippen molar-refractivity contribution in [2.45, 2.75) is 62.1 Å². The molecule has 3 aliphatic rings. The molecule has 1 aromatic rings. The third-order valence-electron chi connectivity index (χ3n) is 5.84. The summed E-state index contributed by atoms with van der Waals surface area (Å²) in [5, 5.41) is 3.34. The molecule has 1 unspecified atom stereocenters. The Morgan fingerprint density at radius 3 is 2.57 bits per heavy atom. The molecule has 1 N–H and O–H groups in total. The average molecular weight is 289 g/mol. The van der Waals surface area contributed by atoms with Crippen LogP contribution < -0.4 is 5.32 Å². The van der Waals surface area contributed by atoms with Gasteiger partial charge >= 0.3 is 0 Å². The van der Waals surface area contributed by atoms with Crippen LogP contribution >= 0.6 is 0 Å². The zero-order valence-corrected chi connectivity index (χ0v) is 12.5. The van der Waals surface area contributed by atoms with Crippen LogP contribution in [0.3, 0.4) is 0 Å². The van der Waals surface area contributed by atoms with Gasteiger partial charge in [0.1, 0.15) is 5.82 Å². The first-order chi connectivity index (χ1) is 10.2. The van der Waals surface area contributed by atoms with E-state index in [1.165, 1.54) is 32.1 Å². The highest BCUT2D eigenvalue weighted by Gasteiger charge is 2.48. The lowest BCUT2D eigenvalue weighted by atomic mass is 9.71. The maximum absolute atomic E-state index is 14.2. The number of halogens is 1. The zero-order chi connectivity index (χ0) is 14.3. The molecule has 1 atom stereocenters. The number of hydrogen-bond donors (Lipinski definition) is 1. The van der Waals surface area contributed by atoms with Crippen molar-refractivity contribution in [3.05, 3.63) is 35.6 Å². The normalized spacial score (nSPS) is 29.7. The lowest BCUT2D eigenvalue weighted by Crippen LogP contribution is -2.58. The van der Waals surface area contributed by atoms with Crippen LogP contribution in [-0.2, 0) is 10.2 Å². The lowest BCUT2D eigenvalue weighted by Gasteiger charge is -2.45. The number of ether oxygens (including phenoxy) is 1. The monoisotopic (exact) mass is 289 g/mol. The van der Waals surface area contributed by atoms with Crippen molar-refractivity contribution in [1.82, 2.24) is 5.32 Å². The Kier molecular flexibility index (Phi) is 3.31. The van der Waals surface area contributed by atoms with E-state index in [0.717, 1.165) is 31.5 Å². The van der Waals surface area contributed by atoms with E-state index >= 15 is 0 Å². The summed E-state index contributed by atoms with van der Waals surface area (Å²) in [6, 6.07) is 7.27. The Morgan fingerprint density at radius 2 is 1.90 bits per heavy atom. The van der Waals surface area contributed by atoms with Crippen LogP contribution in [0.5, 0.6) is 0 Å². The summed E-state index contributed by atoms with van der Waals surface area (Å²) in [5.41, 5.74) is 0.998. The van der Waals surface area contributed by atoms with Gasteiger partial charge in [-0.1, -0.05) is 31.0 Å². The fraction of sp³-hybridized carbons (Fsp3) is 0.667. The van der Waals surface area contributed by atoms with E-state index in [0.29, 0.717) is 6.10 Å². The molecule has 0 bridgehead atoms. The van der Waals surface area contributed by atoms with Gasteiger partial charge in [0.05, 0.1) is 11.7 Å². The molecule has 1 aliphatic carbocycles. The van der Waals surface area contributed by atoms with Crippen molar-refractivity contribution < 1.29 is 9.13 Å². The smallest absolute Gasteiger partial charge is 0.127 e. The van der Waals surface area contributed by atoms with E-state index in [9.17, 15) is 4.39 Å². The van der Waals surface area contributed by atoms with Gasteiger partial charge in [-0.25, -0.2) is 4.39 Å². The van der Waals surface area contributed by atoms with Crippen LogP contribution in [0.1, 0.15) is 50.5 Å². The minimum atomic E-state index is -0.0624. The van der Waals surface area contributed by atoms with Gasteiger partial charge in [-0.3, -0.25) is 0 Å². The van der Waals surface area contributed by atoms with Crippen molar-refractivity contribution in [1.29, 1.82) is 0 Å². The highest BCUT2D eigenvalue weighted by atomic mass is 19.1. The Hall–Kier alpha value is -0.930. The van der Waals surface area contributed by atoms with Gasteiger partial charge in [0.25, 0.3) is 0 Å². The number of nitrogens with one attached hydrogen (secondary N) is 1. The molecule has 4 rings (SSSR count). The van der Waals surface area contributed by atoms with Gasteiger partial charge in [0, 0.05) is 18.5 Å². The van der Waals surface area contributed by atoms with Crippen molar-refractivity contribution in [2.75, 3.05) is 13.1 Å². The van der Waals surface area contributed by atoms with Crippen LogP contribution in [0.4, 0.5) is 4.39 Å². The summed E-state index contributed by atoms with van der Waals surface area (Å²) in [4.78, 5) is 0. The van der Waals surface area contributed by atoms with Gasteiger partial charge in [-0.2, -0.15) is 0 Å². The highest BCUT2D eigenvalue weighted by Crippen LogP contribution is 2.47. The minimum Gasteiger partial charge on any atom is -0.372 e. The SMILES string of the molecule is Fc1ccccc1C1(CC2CCC3(CCCC3)O2)CNC1. The fourth-order valence-electron chi connectivity index (χ4n) is 4.62. The van der Waals surface area contributed by atoms with Gasteiger partial charge < -0.3 is 10.1 Å². The second-order valence-corrected chi connectivity index (χ2v) is 7.24. The second kappa shape index (κ2) is 5.06. The molecule has 1 spiro atoms. The molecule has 2 heterocycles. The Bertz CT molecular complexity index is 520. The lowest BCUT2D eigenvalue weighted by molar-refractivity contribution is -0.0504. The summed E-state index contributed by atoms with van der Waals surface area (Å²) in [6.07, 6.45) is 8.71. The second-order valence-electron chi connectivity index (χ2n) is 7.24. The molecule has 3 heteroatoms. The first kappa shape index (κ1) is 13.7. The Labute approximate surface area is 126 Å². The predicted molar refractivity (Wildman–Crippen MR) is 80.9 cm³/mol. The van der Waals surface area contributed by atoms with E-state index in [-0.39, 0.29) is 16.8 Å². The fourth-order valence-corrected chi connectivity index (χ4v) is 4.62. The number of hydrogen-bond acceptors (Lipinski definition) is 2. The molecule has 21 heavy (non-hydrogen) atoms. The van der Waals surface area contributed by atoms with Gasteiger partial charge in [0.2, 0.25) is 0 Å². The van der Waals surface area contributed by atoms with Crippen molar-refractivity contribution in [3.63, 3.8) is 0 Å². The zero-order valence-electron chi connectivity index (χ0n) is 12.5. The predicted octanol–water partition coefficient (Wildman–Crippen LogP) is 3.55. The maximum atomic E-state index is 14.2. The molecule has 3 fully saturated rings. The van der Waals surface area contributed by atoms with Gasteiger partial charge in [-0.15, -0.1) is 0 Å². The summed E-state index contributed by atoms with van der Waals surface area (Å²) >= 11 is 0. The standard InChI is InChI=1S/C18H24FNO/c19-16-6-2-1-5-15(16)17(12-20-13-17)11-14-7-10-18(21-14)8-3-4-9-18/h1-2,5-6,14,20H,3-4,7-13H2.